The number of rotatable bonds is 41. The molecular weight excluding hydrogens is 1120 g/mol. The van der Waals surface area contributed by atoms with Gasteiger partial charge < -0.3 is 101 Å². The monoisotopic (exact) mass is 1200 g/mol. The fourth-order valence-corrected chi connectivity index (χ4v) is 7.49. The van der Waals surface area contributed by atoms with Crippen molar-refractivity contribution in [3.63, 3.8) is 0 Å². The maximum Gasteiger partial charge on any atom is 0.326 e. The topological polar surface area (TPSA) is 593 Å². The standard InChI is InChI=1S/C49H81N13O22/c1-8-21(4)37(61-48(82)38(24(7)63)62-40(74)23(6)53-42(76)26(12-13-33(65)66)55-45(79)31(19-36(71)72)58-41(75)25(51)16-34(67)68)47(81)60-28(15-20(2)3)43(77)54-22(5)39(73)57-30(18-35(69)70)46(80)59-29(17-32(52)64)44(78)56-27(49(83)84)11-9-10-14-50/h20-31,37-38,63H,8-19,50-51H2,1-7H3,(H2,52,64)(H,53,76)(H,54,77)(H,55,79)(H,56,78)(H,57,73)(H,58,75)(H,59,80)(H,60,81)(H,61,82)(H,62,74)(H,65,66)(H,67,68)(H,69,70)(H,71,72)(H,83,84)/t21-,22-,23-,24+,25-,26-,27-,28-,29-,30-,31-,37-,38-/m0/s1. The van der Waals surface area contributed by atoms with E-state index in [1.54, 1.807) is 20.8 Å². The van der Waals surface area contributed by atoms with Crippen LogP contribution in [0, 0.1) is 11.8 Å². The molecule has 0 aromatic heterocycles. The molecule has 0 aliphatic rings. The number of carbonyl (C=O) groups excluding carboxylic acids is 11. The van der Waals surface area contributed by atoms with Crippen LogP contribution in [0.5, 0.6) is 0 Å². The molecule has 0 aromatic carbocycles. The average Bonchev–Trinajstić information content (AvgIpc) is 3.52. The van der Waals surface area contributed by atoms with Crippen LogP contribution in [0.25, 0.3) is 0 Å². The summed E-state index contributed by atoms with van der Waals surface area (Å²) in [5, 5.41) is 79.6. The molecule has 0 unspecified atom stereocenters. The zero-order chi connectivity index (χ0) is 64.9. The normalized spacial score (nSPS) is 15.7. The van der Waals surface area contributed by atoms with Crippen LogP contribution in [-0.4, -0.2) is 205 Å². The lowest BCUT2D eigenvalue weighted by atomic mass is 9.96. The molecule has 0 aromatic rings. The Kier molecular flexibility index (Phi) is 33.7. The average molecular weight is 1200 g/mol. The van der Waals surface area contributed by atoms with E-state index < -0.39 is 212 Å². The van der Waals surface area contributed by atoms with Gasteiger partial charge in [-0.3, -0.25) is 71.9 Å². The maximum absolute atomic E-state index is 14.1. The van der Waals surface area contributed by atoms with E-state index >= 15 is 0 Å². The van der Waals surface area contributed by atoms with Crippen LogP contribution in [0.1, 0.15) is 119 Å². The van der Waals surface area contributed by atoms with Crippen molar-refractivity contribution in [2.45, 2.75) is 192 Å². The Morgan fingerprint density at radius 3 is 1.24 bits per heavy atom. The van der Waals surface area contributed by atoms with E-state index in [1.165, 1.54) is 6.92 Å². The predicted octanol–water partition coefficient (Wildman–Crippen LogP) is -6.95. The van der Waals surface area contributed by atoms with Gasteiger partial charge in [-0.2, -0.15) is 0 Å². The first-order chi connectivity index (χ1) is 38.9. The van der Waals surface area contributed by atoms with Gasteiger partial charge in [-0.1, -0.05) is 34.1 Å². The van der Waals surface area contributed by atoms with Crippen molar-refractivity contribution >= 4 is 94.8 Å². The minimum atomic E-state index is -1.97. The van der Waals surface area contributed by atoms with E-state index in [0.717, 1.165) is 20.8 Å². The van der Waals surface area contributed by atoms with Gasteiger partial charge in [0.2, 0.25) is 65.0 Å². The number of carboxylic acids is 5. The number of nitrogens with two attached hydrogens (primary N) is 3. The van der Waals surface area contributed by atoms with Gasteiger partial charge in [-0.05, 0) is 71.3 Å². The Morgan fingerprint density at radius 2 is 0.810 bits per heavy atom. The predicted molar refractivity (Wildman–Crippen MR) is 287 cm³/mol. The Balaban J connectivity index is 6.42. The SMILES string of the molecule is CC[C@H](C)[C@H](NC(=O)[C@@H](NC(=O)[C@H](C)NC(=O)[C@H](CCC(=O)O)NC(=O)[C@H](CC(=O)O)NC(=O)[C@@H](N)CC(=O)O)[C@@H](C)O)C(=O)N[C@@H](CC(C)C)C(=O)N[C@@H](C)C(=O)N[C@@H](CC(=O)O)C(=O)N[C@@H](CC(N)=O)C(=O)N[C@@H](CCCCN)C(=O)O. The number of carbonyl (C=O) groups is 16. The highest BCUT2D eigenvalue weighted by Crippen LogP contribution is 2.13. The molecule has 84 heavy (non-hydrogen) atoms. The van der Waals surface area contributed by atoms with Gasteiger partial charge in [0.25, 0.3) is 0 Å². The van der Waals surface area contributed by atoms with Gasteiger partial charge in [-0.15, -0.1) is 0 Å². The lowest BCUT2D eigenvalue weighted by Gasteiger charge is -2.30. The Hall–Kier alpha value is -8.60. The van der Waals surface area contributed by atoms with Crippen molar-refractivity contribution < 1.29 is 107 Å². The van der Waals surface area contributed by atoms with E-state index in [0.29, 0.717) is 6.42 Å². The van der Waals surface area contributed by atoms with Crippen LogP contribution in [0.2, 0.25) is 0 Å². The van der Waals surface area contributed by atoms with E-state index in [1.807, 2.05) is 5.32 Å². The number of hydrogen-bond donors (Lipinski definition) is 19. The van der Waals surface area contributed by atoms with E-state index in [4.69, 9.17) is 22.3 Å². The number of aliphatic hydroxyl groups is 1. The van der Waals surface area contributed by atoms with Gasteiger partial charge in [0.15, 0.2) is 0 Å². The van der Waals surface area contributed by atoms with Crippen LogP contribution in [0.4, 0.5) is 0 Å². The molecule has 0 aliphatic carbocycles. The highest BCUT2D eigenvalue weighted by atomic mass is 16.4. The molecule has 22 N–H and O–H groups in total. The largest absolute Gasteiger partial charge is 0.481 e. The summed E-state index contributed by atoms with van der Waals surface area (Å²) in [5.41, 5.74) is 16.2. The Bertz CT molecular complexity index is 2390. The number of nitrogens with one attached hydrogen (secondary N) is 10. The zero-order valence-corrected chi connectivity index (χ0v) is 47.5. The number of primary amides is 1. The third kappa shape index (κ3) is 28.9. The molecule has 0 radical (unpaired) electrons. The summed E-state index contributed by atoms with van der Waals surface area (Å²) in [6.07, 6.45) is -6.49. The molecule has 0 heterocycles. The zero-order valence-electron chi connectivity index (χ0n) is 47.5. The first-order valence-electron chi connectivity index (χ1n) is 26.5. The Labute approximate surface area is 481 Å². The second-order valence-electron chi connectivity index (χ2n) is 20.2. The maximum atomic E-state index is 14.1. The third-order valence-electron chi connectivity index (χ3n) is 12.3. The second kappa shape index (κ2) is 37.5. The van der Waals surface area contributed by atoms with Crippen LogP contribution >= 0.6 is 0 Å². The van der Waals surface area contributed by atoms with Crippen LogP contribution in [0.15, 0.2) is 0 Å². The molecule has 0 aliphatic heterocycles. The van der Waals surface area contributed by atoms with Gasteiger partial charge >= 0.3 is 29.8 Å². The van der Waals surface area contributed by atoms with E-state index in [9.17, 15) is 102 Å². The van der Waals surface area contributed by atoms with Gasteiger partial charge in [0.1, 0.15) is 60.4 Å². The highest BCUT2D eigenvalue weighted by Gasteiger charge is 2.38. The number of aliphatic hydroxyl groups excluding tert-OH is 1. The first kappa shape index (κ1) is 75.4. The van der Waals surface area contributed by atoms with Crippen molar-refractivity contribution in [3.8, 4) is 0 Å². The smallest absolute Gasteiger partial charge is 0.326 e. The van der Waals surface area contributed by atoms with Gasteiger partial charge in [-0.25, -0.2) is 4.79 Å². The van der Waals surface area contributed by atoms with Gasteiger partial charge in [0.05, 0.1) is 37.8 Å². The number of unbranched alkanes of at least 4 members (excludes halogenated alkanes) is 1. The van der Waals surface area contributed by atoms with Crippen LogP contribution in [0.3, 0.4) is 0 Å². The molecular formula is C49H81N13O22. The molecule has 35 nitrogen and oxygen atoms in total. The minimum Gasteiger partial charge on any atom is -0.481 e. The molecule has 0 bridgehead atoms. The quantitative estimate of drug-likeness (QED) is 0.0253. The molecule has 13 atom stereocenters. The summed E-state index contributed by atoms with van der Waals surface area (Å²) in [6, 6.07) is -18.9. The van der Waals surface area contributed by atoms with Crippen molar-refractivity contribution in [2.24, 2.45) is 29.0 Å². The molecule has 11 amide bonds. The molecule has 0 spiro atoms. The lowest BCUT2D eigenvalue weighted by molar-refractivity contribution is -0.143. The minimum absolute atomic E-state index is 0.0857. The second-order valence-corrected chi connectivity index (χ2v) is 20.2. The van der Waals surface area contributed by atoms with Crippen molar-refractivity contribution in [1.82, 2.24) is 53.2 Å². The van der Waals surface area contributed by atoms with E-state index in [-0.39, 0.29) is 38.1 Å². The van der Waals surface area contributed by atoms with Crippen molar-refractivity contribution in [3.05, 3.63) is 0 Å². The third-order valence-corrected chi connectivity index (χ3v) is 12.3. The molecule has 0 fully saturated rings. The fourth-order valence-electron chi connectivity index (χ4n) is 7.49. The molecule has 0 saturated heterocycles. The summed E-state index contributed by atoms with van der Waals surface area (Å²) in [7, 11) is 0. The number of hydrogen-bond acceptors (Lipinski definition) is 19. The summed E-state index contributed by atoms with van der Waals surface area (Å²) >= 11 is 0. The number of aliphatic carboxylic acids is 5. The number of carboxylic acid groups (broad SMARTS) is 5. The summed E-state index contributed by atoms with van der Waals surface area (Å²) in [6.45, 7) is 9.98. The fraction of sp³-hybridized carbons (Fsp3) is 0.673. The molecule has 35 heteroatoms. The molecule has 0 rings (SSSR count). The summed E-state index contributed by atoms with van der Waals surface area (Å²) in [5.74, 6) is -21.7. The van der Waals surface area contributed by atoms with Crippen molar-refractivity contribution in [2.75, 3.05) is 6.54 Å². The van der Waals surface area contributed by atoms with Crippen molar-refractivity contribution in [1.29, 1.82) is 0 Å². The van der Waals surface area contributed by atoms with Crippen LogP contribution in [-0.2, 0) is 76.7 Å². The first-order valence-corrected chi connectivity index (χ1v) is 26.5. The molecule has 474 valence electrons. The molecule has 0 saturated carbocycles. The van der Waals surface area contributed by atoms with Crippen LogP contribution < -0.4 is 70.4 Å². The summed E-state index contributed by atoms with van der Waals surface area (Å²) in [4.78, 5) is 204. The lowest BCUT2D eigenvalue weighted by Crippen LogP contribution is -2.62. The van der Waals surface area contributed by atoms with E-state index in [2.05, 4.69) is 47.9 Å². The van der Waals surface area contributed by atoms with Gasteiger partial charge in [0, 0.05) is 6.42 Å². The highest BCUT2D eigenvalue weighted by molar-refractivity contribution is 6.00. The number of amides is 11. The Morgan fingerprint density at radius 1 is 0.417 bits per heavy atom. The summed E-state index contributed by atoms with van der Waals surface area (Å²) < 4.78 is 0.